The van der Waals surface area contributed by atoms with E-state index in [1.165, 1.54) is 6.07 Å². The number of rotatable bonds is 5. The summed E-state index contributed by atoms with van der Waals surface area (Å²) >= 11 is 0. The minimum atomic E-state index is -4.10. The topological polar surface area (TPSA) is 74.7 Å². The second-order valence-electron chi connectivity index (χ2n) is 3.75. The Bertz CT molecular complexity index is 437. The van der Waals surface area contributed by atoms with Crippen molar-refractivity contribution < 1.29 is 13.2 Å². The molecule has 0 radical (unpaired) electrons. The molecule has 0 aliphatic rings. The van der Waals surface area contributed by atoms with E-state index in [4.69, 9.17) is 11.0 Å². The first-order valence-corrected chi connectivity index (χ1v) is 5.39. The third-order valence-electron chi connectivity index (χ3n) is 2.23. The maximum Gasteiger partial charge on any atom is 0.389 e. The summed E-state index contributed by atoms with van der Waals surface area (Å²) in [6.07, 6.45) is -4.44. The van der Waals surface area contributed by atoms with Crippen LogP contribution in [0.4, 0.5) is 24.7 Å². The molecule has 0 aliphatic carbocycles. The Morgan fingerprint density at radius 3 is 2.67 bits per heavy atom. The molecule has 1 rings (SSSR count). The van der Waals surface area contributed by atoms with Crippen LogP contribution in [0.25, 0.3) is 0 Å². The van der Waals surface area contributed by atoms with E-state index in [1.807, 2.05) is 6.07 Å². The molecule has 0 aliphatic heterocycles. The number of nitrogens with zero attached hydrogens (tertiary/aromatic N) is 2. The molecule has 0 unspecified atom stereocenters. The van der Waals surface area contributed by atoms with Crippen molar-refractivity contribution in [1.29, 1.82) is 5.26 Å². The molecule has 3 N–H and O–H groups in total. The number of unbranched alkanes of at least 4 members (excludes halogenated alkanes) is 1. The van der Waals surface area contributed by atoms with E-state index in [9.17, 15) is 13.2 Å². The summed E-state index contributed by atoms with van der Waals surface area (Å²) in [5, 5.41) is 11.5. The number of nitrogens with one attached hydrogen (secondary N) is 1. The first kappa shape index (κ1) is 14.1. The summed E-state index contributed by atoms with van der Waals surface area (Å²) in [5.41, 5.74) is 5.87. The Hall–Kier alpha value is -1.97. The van der Waals surface area contributed by atoms with Crippen molar-refractivity contribution in [3.8, 4) is 6.07 Å². The molecule has 1 aromatic rings. The number of halogens is 3. The number of aromatic nitrogens is 1. The number of pyridine rings is 1. The zero-order valence-corrected chi connectivity index (χ0v) is 9.59. The highest BCUT2D eigenvalue weighted by Crippen LogP contribution is 2.22. The zero-order valence-electron chi connectivity index (χ0n) is 9.59. The molecule has 18 heavy (non-hydrogen) atoms. The van der Waals surface area contributed by atoms with Gasteiger partial charge in [-0.1, -0.05) is 0 Å². The van der Waals surface area contributed by atoms with Crippen molar-refractivity contribution in [2.24, 2.45) is 0 Å². The maximum absolute atomic E-state index is 11.9. The van der Waals surface area contributed by atoms with Gasteiger partial charge in [0.05, 0.1) is 5.69 Å². The van der Waals surface area contributed by atoms with Crippen LogP contribution >= 0.6 is 0 Å². The van der Waals surface area contributed by atoms with Crippen LogP contribution in [0.2, 0.25) is 0 Å². The Morgan fingerprint density at radius 2 is 2.06 bits per heavy atom. The van der Waals surface area contributed by atoms with Crippen molar-refractivity contribution in [3.05, 3.63) is 17.8 Å². The number of nitrogens with two attached hydrogens (primary N) is 1. The lowest BCUT2D eigenvalue weighted by molar-refractivity contribution is -0.135. The normalized spacial score (nSPS) is 11.0. The molecule has 0 bridgehead atoms. The number of hydrogen-bond donors (Lipinski definition) is 2. The van der Waals surface area contributed by atoms with Crippen LogP contribution < -0.4 is 11.1 Å². The van der Waals surface area contributed by atoms with E-state index >= 15 is 0 Å². The van der Waals surface area contributed by atoms with Crippen LogP contribution in [-0.4, -0.2) is 17.7 Å². The van der Waals surface area contributed by atoms with Gasteiger partial charge in [0.1, 0.15) is 11.9 Å². The monoisotopic (exact) mass is 258 g/mol. The van der Waals surface area contributed by atoms with Gasteiger partial charge in [-0.3, -0.25) is 0 Å². The summed E-state index contributed by atoms with van der Waals surface area (Å²) in [5.74, 6) is 0.438. The number of anilines is 2. The molecule has 0 aromatic carbocycles. The fourth-order valence-corrected chi connectivity index (χ4v) is 1.32. The third kappa shape index (κ3) is 4.91. The minimum absolute atomic E-state index is 0.0661. The lowest BCUT2D eigenvalue weighted by atomic mass is 10.2. The number of alkyl halides is 3. The van der Waals surface area contributed by atoms with Crippen LogP contribution in [0.1, 0.15) is 25.0 Å². The van der Waals surface area contributed by atoms with Gasteiger partial charge in [0, 0.05) is 13.0 Å². The summed E-state index contributed by atoms with van der Waals surface area (Å²) in [4.78, 5) is 3.92. The lowest BCUT2D eigenvalue weighted by Gasteiger charge is -2.08. The van der Waals surface area contributed by atoms with Gasteiger partial charge < -0.3 is 11.1 Å². The first-order valence-electron chi connectivity index (χ1n) is 5.39. The van der Waals surface area contributed by atoms with E-state index in [2.05, 4.69) is 10.3 Å². The van der Waals surface area contributed by atoms with Crippen molar-refractivity contribution in [2.75, 3.05) is 17.6 Å². The molecule has 1 heterocycles. The average molecular weight is 258 g/mol. The minimum Gasteiger partial charge on any atom is -0.396 e. The molecule has 7 heteroatoms. The molecule has 1 aromatic heterocycles. The maximum atomic E-state index is 11.9. The smallest absolute Gasteiger partial charge is 0.389 e. The van der Waals surface area contributed by atoms with Crippen molar-refractivity contribution in [1.82, 2.24) is 4.98 Å². The fourth-order valence-electron chi connectivity index (χ4n) is 1.32. The SMILES string of the molecule is N#Cc1nc(NCCCCC(F)(F)F)ccc1N. The highest BCUT2D eigenvalue weighted by atomic mass is 19.4. The van der Waals surface area contributed by atoms with E-state index in [0.717, 1.165) is 0 Å². The largest absolute Gasteiger partial charge is 0.396 e. The van der Waals surface area contributed by atoms with Crippen LogP contribution in [0.3, 0.4) is 0 Å². The molecule has 98 valence electrons. The zero-order chi connectivity index (χ0) is 13.6. The fraction of sp³-hybridized carbons (Fsp3) is 0.455. The third-order valence-corrected chi connectivity index (χ3v) is 2.23. The Kier molecular flexibility index (Phi) is 4.77. The Morgan fingerprint density at radius 1 is 1.33 bits per heavy atom. The average Bonchev–Trinajstić information content (AvgIpc) is 2.29. The summed E-state index contributed by atoms with van der Waals surface area (Å²) in [6.45, 7) is 0.373. The van der Waals surface area contributed by atoms with Gasteiger partial charge in [0.25, 0.3) is 0 Å². The number of nitriles is 1. The molecule has 0 atom stereocenters. The van der Waals surface area contributed by atoms with E-state index in [-0.39, 0.29) is 17.8 Å². The van der Waals surface area contributed by atoms with Crippen LogP contribution in [-0.2, 0) is 0 Å². The van der Waals surface area contributed by atoms with E-state index in [0.29, 0.717) is 18.8 Å². The van der Waals surface area contributed by atoms with Gasteiger partial charge in [0.2, 0.25) is 0 Å². The highest BCUT2D eigenvalue weighted by molar-refractivity contribution is 5.54. The Labute approximate surface area is 103 Å². The Balaban J connectivity index is 2.34. The first-order chi connectivity index (χ1) is 8.42. The molecule has 0 saturated heterocycles. The predicted octanol–water partition coefficient (Wildman–Crippen LogP) is 2.68. The predicted molar refractivity (Wildman–Crippen MR) is 61.8 cm³/mol. The van der Waals surface area contributed by atoms with E-state index in [1.54, 1.807) is 6.07 Å². The summed E-state index contributed by atoms with van der Waals surface area (Å²) in [6, 6.07) is 4.95. The van der Waals surface area contributed by atoms with E-state index < -0.39 is 12.6 Å². The molecule has 0 fully saturated rings. The molecular formula is C11H13F3N4. The van der Waals surface area contributed by atoms with Gasteiger partial charge in [-0.15, -0.1) is 0 Å². The van der Waals surface area contributed by atoms with Crippen LogP contribution in [0, 0.1) is 11.3 Å². The van der Waals surface area contributed by atoms with Crippen molar-refractivity contribution in [3.63, 3.8) is 0 Å². The summed E-state index contributed by atoms with van der Waals surface area (Å²) in [7, 11) is 0. The number of hydrogen-bond acceptors (Lipinski definition) is 4. The summed E-state index contributed by atoms with van der Waals surface area (Å²) < 4.78 is 35.6. The highest BCUT2D eigenvalue weighted by Gasteiger charge is 2.25. The number of nitrogen functional groups attached to an aromatic ring is 1. The van der Waals surface area contributed by atoms with Gasteiger partial charge >= 0.3 is 6.18 Å². The molecule has 0 amide bonds. The molecule has 4 nitrogen and oxygen atoms in total. The quantitative estimate of drug-likeness (QED) is 0.796. The molecular weight excluding hydrogens is 245 g/mol. The van der Waals surface area contributed by atoms with Crippen LogP contribution in [0.5, 0.6) is 0 Å². The van der Waals surface area contributed by atoms with Crippen molar-refractivity contribution in [2.45, 2.75) is 25.4 Å². The molecule has 0 saturated carbocycles. The van der Waals surface area contributed by atoms with Crippen molar-refractivity contribution >= 4 is 11.5 Å². The van der Waals surface area contributed by atoms with Gasteiger partial charge in [-0.05, 0) is 25.0 Å². The molecule has 0 spiro atoms. The second-order valence-corrected chi connectivity index (χ2v) is 3.75. The van der Waals surface area contributed by atoms with Crippen LogP contribution in [0.15, 0.2) is 12.1 Å². The standard InChI is InChI=1S/C11H13F3N4/c12-11(13,14)5-1-2-6-17-10-4-3-8(16)9(7-15)18-10/h3-4H,1-2,5-6,16H2,(H,17,18). The van der Waals surface area contributed by atoms with Gasteiger partial charge in [0.15, 0.2) is 5.69 Å². The van der Waals surface area contributed by atoms with Gasteiger partial charge in [-0.2, -0.15) is 18.4 Å². The lowest BCUT2D eigenvalue weighted by Crippen LogP contribution is -2.09. The van der Waals surface area contributed by atoms with Gasteiger partial charge in [-0.25, -0.2) is 4.98 Å². The second kappa shape index (κ2) is 6.10.